The predicted molar refractivity (Wildman–Crippen MR) is 62.7 cm³/mol. The summed E-state index contributed by atoms with van der Waals surface area (Å²) in [5.41, 5.74) is 0. The number of rotatable bonds is 7. The zero-order valence-corrected chi connectivity index (χ0v) is 10.6. The van der Waals surface area contributed by atoms with Crippen molar-refractivity contribution in [2.75, 3.05) is 33.4 Å². The van der Waals surface area contributed by atoms with E-state index in [9.17, 15) is 9.59 Å². The molecule has 0 aliphatic carbocycles. The van der Waals surface area contributed by atoms with E-state index < -0.39 is 0 Å². The molecule has 0 bridgehead atoms. The second kappa shape index (κ2) is 7.40. The van der Waals surface area contributed by atoms with Crippen LogP contribution in [-0.2, 0) is 19.1 Å². The maximum absolute atomic E-state index is 11.6. The van der Waals surface area contributed by atoms with Crippen LogP contribution in [0.25, 0.3) is 0 Å². The molecule has 1 atom stereocenters. The van der Waals surface area contributed by atoms with Crippen molar-refractivity contribution in [3.63, 3.8) is 0 Å². The van der Waals surface area contributed by atoms with Crippen molar-refractivity contribution in [1.29, 1.82) is 0 Å². The Hall–Kier alpha value is -0.940. The number of carbonyl (C=O) groups excluding carboxylic acids is 2. The summed E-state index contributed by atoms with van der Waals surface area (Å²) in [6.45, 7) is 4.24. The van der Waals surface area contributed by atoms with Gasteiger partial charge in [0.05, 0.1) is 25.7 Å². The van der Waals surface area contributed by atoms with E-state index >= 15 is 0 Å². The van der Waals surface area contributed by atoms with E-state index in [1.807, 2.05) is 0 Å². The molecule has 1 aliphatic rings. The summed E-state index contributed by atoms with van der Waals surface area (Å²) in [4.78, 5) is 24.8. The summed E-state index contributed by atoms with van der Waals surface area (Å²) >= 11 is 0. The third kappa shape index (κ3) is 5.28. The van der Waals surface area contributed by atoms with E-state index in [2.05, 4.69) is 4.90 Å². The topological polar surface area (TPSA) is 55.8 Å². The van der Waals surface area contributed by atoms with Crippen LogP contribution < -0.4 is 0 Å². The number of carbonyl (C=O) groups is 2. The number of hydrogen-bond acceptors (Lipinski definition) is 5. The molecule has 1 fully saturated rings. The first-order valence-corrected chi connectivity index (χ1v) is 6.08. The van der Waals surface area contributed by atoms with Crippen molar-refractivity contribution in [2.45, 2.75) is 32.3 Å². The van der Waals surface area contributed by atoms with E-state index in [0.717, 1.165) is 19.5 Å². The average Bonchev–Trinajstić information content (AvgIpc) is 2.74. The van der Waals surface area contributed by atoms with Gasteiger partial charge in [0, 0.05) is 26.6 Å². The van der Waals surface area contributed by atoms with Crippen molar-refractivity contribution in [1.82, 2.24) is 4.90 Å². The molecule has 98 valence electrons. The van der Waals surface area contributed by atoms with Crippen LogP contribution in [0.15, 0.2) is 0 Å². The first-order chi connectivity index (χ1) is 8.15. The van der Waals surface area contributed by atoms with Gasteiger partial charge >= 0.3 is 5.97 Å². The van der Waals surface area contributed by atoms with Gasteiger partial charge in [-0.25, -0.2) is 0 Å². The number of hydrogen-bond donors (Lipinski definition) is 0. The zero-order valence-electron chi connectivity index (χ0n) is 10.6. The molecule has 17 heavy (non-hydrogen) atoms. The SMILES string of the molecule is CCOC(=O)CCC(=O)CN1CCC(OC)C1. The summed E-state index contributed by atoms with van der Waals surface area (Å²) in [6.07, 6.45) is 1.68. The molecule has 0 N–H and O–H groups in total. The maximum atomic E-state index is 11.6. The molecule has 1 rings (SSSR count). The molecule has 1 unspecified atom stereocenters. The molecule has 0 spiro atoms. The highest BCUT2D eigenvalue weighted by Crippen LogP contribution is 2.11. The van der Waals surface area contributed by atoms with Crippen LogP contribution in [0, 0.1) is 0 Å². The van der Waals surface area contributed by atoms with Crippen molar-refractivity contribution in [3.05, 3.63) is 0 Å². The highest BCUT2D eigenvalue weighted by atomic mass is 16.5. The first kappa shape index (κ1) is 14.1. The van der Waals surface area contributed by atoms with Crippen LogP contribution >= 0.6 is 0 Å². The van der Waals surface area contributed by atoms with Crippen molar-refractivity contribution in [3.8, 4) is 0 Å². The first-order valence-electron chi connectivity index (χ1n) is 6.08. The smallest absolute Gasteiger partial charge is 0.306 e. The highest BCUT2D eigenvalue weighted by Gasteiger charge is 2.23. The summed E-state index contributed by atoms with van der Waals surface area (Å²) < 4.78 is 10.00. The Kier molecular flexibility index (Phi) is 6.15. The minimum atomic E-state index is -0.294. The molecule has 0 aromatic carbocycles. The Bertz CT molecular complexity index is 267. The van der Waals surface area contributed by atoms with E-state index in [1.165, 1.54) is 0 Å². The number of ether oxygens (including phenoxy) is 2. The van der Waals surface area contributed by atoms with Gasteiger partial charge < -0.3 is 9.47 Å². The molecule has 1 heterocycles. The van der Waals surface area contributed by atoms with Gasteiger partial charge in [0.25, 0.3) is 0 Å². The summed E-state index contributed by atoms with van der Waals surface area (Å²) in [7, 11) is 1.69. The van der Waals surface area contributed by atoms with Crippen LogP contribution in [-0.4, -0.2) is 56.1 Å². The van der Waals surface area contributed by atoms with Gasteiger partial charge in [0.1, 0.15) is 5.78 Å². The Labute approximate surface area is 102 Å². The quantitative estimate of drug-likeness (QED) is 0.613. The molecule has 0 aromatic rings. The molecule has 1 aliphatic heterocycles. The van der Waals surface area contributed by atoms with Gasteiger partial charge in [-0.2, -0.15) is 0 Å². The molecule has 0 saturated carbocycles. The number of ketones is 1. The van der Waals surface area contributed by atoms with E-state index in [-0.39, 0.29) is 30.7 Å². The molecule has 0 amide bonds. The Morgan fingerprint density at radius 2 is 2.12 bits per heavy atom. The molecular weight excluding hydrogens is 222 g/mol. The molecule has 5 heteroatoms. The standard InChI is InChI=1S/C12H21NO4/c1-3-17-12(15)5-4-10(14)8-13-7-6-11(9-13)16-2/h11H,3-9H2,1-2H3. The van der Waals surface area contributed by atoms with Gasteiger partial charge in [-0.05, 0) is 13.3 Å². The Balaban J connectivity index is 2.15. The van der Waals surface area contributed by atoms with Crippen molar-refractivity contribution < 1.29 is 19.1 Å². The average molecular weight is 243 g/mol. The lowest BCUT2D eigenvalue weighted by atomic mass is 10.2. The molecule has 0 aromatic heterocycles. The van der Waals surface area contributed by atoms with Crippen LogP contribution in [0.4, 0.5) is 0 Å². The largest absolute Gasteiger partial charge is 0.466 e. The number of likely N-dealkylation sites (tertiary alicyclic amines) is 1. The van der Waals surface area contributed by atoms with Crippen LogP contribution in [0.5, 0.6) is 0 Å². The Morgan fingerprint density at radius 1 is 1.35 bits per heavy atom. The lowest BCUT2D eigenvalue weighted by molar-refractivity contribution is -0.144. The van der Waals surface area contributed by atoms with Crippen LogP contribution in [0.3, 0.4) is 0 Å². The monoisotopic (exact) mass is 243 g/mol. The van der Waals surface area contributed by atoms with Gasteiger partial charge in [-0.1, -0.05) is 0 Å². The van der Waals surface area contributed by atoms with Crippen LogP contribution in [0.2, 0.25) is 0 Å². The highest BCUT2D eigenvalue weighted by molar-refractivity contribution is 5.84. The normalized spacial score (nSPS) is 20.5. The second-order valence-corrected chi connectivity index (χ2v) is 4.23. The van der Waals surface area contributed by atoms with Crippen LogP contribution in [0.1, 0.15) is 26.2 Å². The molecule has 5 nitrogen and oxygen atoms in total. The second-order valence-electron chi connectivity index (χ2n) is 4.23. The van der Waals surface area contributed by atoms with E-state index in [0.29, 0.717) is 13.2 Å². The number of nitrogens with zero attached hydrogens (tertiary/aromatic N) is 1. The fraction of sp³-hybridized carbons (Fsp3) is 0.833. The zero-order chi connectivity index (χ0) is 12.7. The third-order valence-corrected chi connectivity index (χ3v) is 2.88. The van der Waals surface area contributed by atoms with Gasteiger partial charge in [-0.15, -0.1) is 0 Å². The maximum Gasteiger partial charge on any atom is 0.306 e. The van der Waals surface area contributed by atoms with E-state index in [1.54, 1.807) is 14.0 Å². The van der Waals surface area contributed by atoms with Crippen molar-refractivity contribution >= 4 is 11.8 Å². The van der Waals surface area contributed by atoms with Gasteiger partial charge in [0.15, 0.2) is 0 Å². The van der Waals surface area contributed by atoms with Gasteiger partial charge in [0.2, 0.25) is 0 Å². The molecular formula is C12H21NO4. The third-order valence-electron chi connectivity index (χ3n) is 2.88. The summed E-state index contributed by atoms with van der Waals surface area (Å²) in [5.74, 6) is -0.202. The lowest BCUT2D eigenvalue weighted by Crippen LogP contribution is -2.29. The lowest BCUT2D eigenvalue weighted by Gasteiger charge is -2.14. The number of methoxy groups -OCH3 is 1. The predicted octanol–water partition coefficient (Wildman–Crippen LogP) is 0.619. The van der Waals surface area contributed by atoms with E-state index in [4.69, 9.17) is 9.47 Å². The Morgan fingerprint density at radius 3 is 2.71 bits per heavy atom. The molecule has 0 radical (unpaired) electrons. The summed E-state index contributed by atoms with van der Waals surface area (Å²) in [5, 5.41) is 0. The minimum absolute atomic E-state index is 0.0924. The van der Waals surface area contributed by atoms with Gasteiger partial charge in [-0.3, -0.25) is 14.5 Å². The minimum Gasteiger partial charge on any atom is -0.466 e. The fourth-order valence-corrected chi connectivity index (χ4v) is 1.94. The number of esters is 1. The number of Topliss-reactive ketones (excluding diaryl/α,β-unsaturated/α-hetero) is 1. The fourth-order valence-electron chi connectivity index (χ4n) is 1.94. The molecule has 1 saturated heterocycles. The van der Waals surface area contributed by atoms with Crippen molar-refractivity contribution in [2.24, 2.45) is 0 Å². The summed E-state index contributed by atoms with van der Waals surface area (Å²) in [6, 6.07) is 0.